The van der Waals surface area contributed by atoms with E-state index in [2.05, 4.69) is 60.3 Å². The third kappa shape index (κ3) is 15.3. The molecule has 0 aromatic heterocycles. The summed E-state index contributed by atoms with van der Waals surface area (Å²) in [4.78, 5) is 61.0. The van der Waals surface area contributed by atoms with Gasteiger partial charge in [0.2, 0.25) is 11.8 Å². The number of likely N-dealkylation sites (N-methyl/N-ethyl adjacent to an activating group) is 2. The average Bonchev–Trinajstić information content (AvgIpc) is 3.41. The summed E-state index contributed by atoms with van der Waals surface area (Å²) in [5.41, 5.74) is 6.18. The van der Waals surface area contributed by atoms with Gasteiger partial charge in [0, 0.05) is 38.3 Å². The monoisotopic (exact) mass is 969 g/mol. The number of benzene rings is 6. The molecule has 6 aromatic rings. The van der Waals surface area contributed by atoms with E-state index in [-0.39, 0.29) is 59.7 Å². The first-order valence-corrected chi connectivity index (χ1v) is 24.2. The molecule has 2 aliphatic rings. The van der Waals surface area contributed by atoms with Gasteiger partial charge in [0.15, 0.2) is 0 Å². The van der Waals surface area contributed by atoms with E-state index in [9.17, 15) is 24.3 Å². The maximum absolute atomic E-state index is 14.0. The molecule has 6 aromatic carbocycles. The Kier molecular flexibility index (Phi) is 23.6. The Bertz CT molecular complexity index is 2450. The molecule has 4 N–H and O–H groups in total. The minimum atomic E-state index is -0.936. The molecule has 2 saturated heterocycles. The largest absolute Gasteiger partial charge is 1.00 e. The third-order valence-electron chi connectivity index (χ3n) is 13.9. The van der Waals surface area contributed by atoms with Crippen LogP contribution < -0.4 is 18.9 Å². The van der Waals surface area contributed by atoms with Crippen LogP contribution >= 0.6 is 0 Å². The maximum atomic E-state index is 14.0. The van der Waals surface area contributed by atoms with E-state index >= 15 is 0 Å². The molecule has 0 aliphatic carbocycles. The molecule has 2 fully saturated rings. The number of hydrogen-bond acceptors (Lipinski definition) is 8. The first kappa shape index (κ1) is 58.2. The van der Waals surface area contributed by atoms with Crippen LogP contribution in [-0.4, -0.2) is 131 Å². The third-order valence-corrected chi connectivity index (χ3v) is 13.9. The van der Waals surface area contributed by atoms with Crippen LogP contribution in [-0.2, 0) is 36.8 Å². The molecule has 374 valence electrons. The molecule has 72 heavy (non-hydrogen) atoms. The van der Waals surface area contributed by atoms with E-state index in [0.29, 0.717) is 25.9 Å². The molecule has 2 heterocycles. The van der Waals surface area contributed by atoms with Gasteiger partial charge >= 0.3 is 30.8 Å². The van der Waals surface area contributed by atoms with Crippen LogP contribution in [0.5, 0.6) is 0 Å². The molecule has 13 heteroatoms. The fourth-order valence-corrected chi connectivity index (χ4v) is 9.95. The molecule has 2 amide bonds. The van der Waals surface area contributed by atoms with E-state index in [1.54, 1.807) is 9.80 Å². The van der Waals surface area contributed by atoms with E-state index in [1.807, 2.05) is 146 Å². The number of carbonyl (C=O) groups excluding carboxylic acids is 3. The maximum Gasteiger partial charge on any atom is 1.00 e. The summed E-state index contributed by atoms with van der Waals surface area (Å²) in [5.74, 6) is -2.46. The Morgan fingerprint density at radius 3 is 1.12 bits per heavy atom. The van der Waals surface area contributed by atoms with Crippen molar-refractivity contribution in [3.05, 3.63) is 215 Å². The summed E-state index contributed by atoms with van der Waals surface area (Å²) in [7, 11) is 5.57. The number of piperidine rings is 2. The number of hydrogen-bond donors (Lipinski definition) is 1. The van der Waals surface area contributed by atoms with Crippen molar-refractivity contribution in [2.75, 3.05) is 47.4 Å². The second kappa shape index (κ2) is 29.2. The number of methoxy groups -OCH3 is 1. The van der Waals surface area contributed by atoms with Gasteiger partial charge in [-0.15, -0.1) is 0 Å². The van der Waals surface area contributed by atoms with Gasteiger partial charge in [-0.05, 0) is 86.0 Å². The number of aliphatic carboxylic acids is 1. The molecule has 0 spiro atoms. The van der Waals surface area contributed by atoms with Crippen LogP contribution in [0.25, 0.3) is 0 Å². The van der Waals surface area contributed by atoms with Crippen LogP contribution in [0.2, 0.25) is 0 Å². The van der Waals surface area contributed by atoms with Crippen molar-refractivity contribution in [3.8, 4) is 0 Å². The Hall–Kier alpha value is -6.36. The van der Waals surface area contributed by atoms with Crippen molar-refractivity contribution in [3.63, 3.8) is 0 Å². The van der Waals surface area contributed by atoms with Gasteiger partial charge in [0.25, 0.3) is 0 Å². The Morgan fingerprint density at radius 1 is 0.528 bits per heavy atom. The zero-order valence-corrected chi connectivity index (χ0v) is 42.1. The van der Waals surface area contributed by atoms with Crippen molar-refractivity contribution < 1.29 is 58.8 Å². The number of nitrogens with zero attached hydrogens (tertiary/aromatic N) is 4. The van der Waals surface area contributed by atoms with Gasteiger partial charge < -0.3 is 40.4 Å². The van der Waals surface area contributed by atoms with Crippen LogP contribution in [0.1, 0.15) is 70.9 Å². The van der Waals surface area contributed by atoms with Crippen molar-refractivity contribution >= 4 is 23.8 Å². The first-order valence-electron chi connectivity index (χ1n) is 24.2. The molecule has 0 unspecified atom stereocenters. The Labute approximate surface area is 437 Å². The molecule has 4 atom stereocenters. The molecule has 2 aliphatic heterocycles. The zero-order chi connectivity index (χ0) is 48.5. The fraction of sp³-hybridized carbons (Fsp3) is 0.322. The normalized spacial score (nSPS) is 17.4. The quantitative estimate of drug-likeness (QED) is 0.104. The molecule has 0 saturated carbocycles. The summed E-state index contributed by atoms with van der Waals surface area (Å²) in [6, 6.07) is 58.5. The van der Waals surface area contributed by atoms with E-state index in [0.717, 1.165) is 61.0 Å². The van der Waals surface area contributed by atoms with Gasteiger partial charge in [-0.2, -0.15) is 0 Å². The summed E-state index contributed by atoms with van der Waals surface area (Å²) in [6.45, 7) is 2.71. The fourth-order valence-electron chi connectivity index (χ4n) is 9.95. The number of likely N-dealkylation sites (tertiary alicyclic amines) is 2. The second-order valence-corrected chi connectivity index (χ2v) is 18.3. The summed E-state index contributed by atoms with van der Waals surface area (Å²) in [5, 5.41) is 10.1. The van der Waals surface area contributed by atoms with Crippen LogP contribution in [0.15, 0.2) is 182 Å². The average molecular weight is 969 g/mol. The van der Waals surface area contributed by atoms with E-state index in [4.69, 9.17) is 4.74 Å². The molecular formula is C59H69LiN4O8. The van der Waals surface area contributed by atoms with Crippen molar-refractivity contribution in [2.45, 2.75) is 74.5 Å². The summed E-state index contributed by atoms with van der Waals surface area (Å²) < 4.78 is 5.17. The number of carboxylic acids is 1. The Morgan fingerprint density at radius 2 is 0.819 bits per heavy atom. The van der Waals surface area contributed by atoms with Gasteiger partial charge in [-0.1, -0.05) is 182 Å². The zero-order valence-electron chi connectivity index (χ0n) is 42.1. The van der Waals surface area contributed by atoms with Crippen LogP contribution in [0.4, 0.5) is 0 Å². The summed E-state index contributed by atoms with van der Waals surface area (Å²) >= 11 is 0. The van der Waals surface area contributed by atoms with Crippen molar-refractivity contribution in [2.24, 2.45) is 0 Å². The molecule has 0 bridgehead atoms. The van der Waals surface area contributed by atoms with Crippen molar-refractivity contribution in [1.82, 2.24) is 19.6 Å². The molecule has 0 radical (unpaired) electrons. The van der Waals surface area contributed by atoms with Crippen LogP contribution in [0, 0.1) is 0 Å². The number of rotatable bonds is 16. The van der Waals surface area contributed by atoms with Gasteiger partial charge in [-0.25, -0.2) is 9.59 Å². The molecule has 12 nitrogen and oxygen atoms in total. The van der Waals surface area contributed by atoms with E-state index < -0.39 is 29.9 Å². The van der Waals surface area contributed by atoms with Gasteiger partial charge in [0.1, 0.15) is 12.1 Å². The predicted molar refractivity (Wildman–Crippen MR) is 277 cm³/mol. The first-order chi connectivity index (χ1) is 33.6. The molecular weight excluding hydrogens is 900 g/mol. The van der Waals surface area contributed by atoms with Crippen LogP contribution in [0.3, 0.4) is 0 Å². The SMILES string of the molecule is CN(CCc1ccccc1)[C@@H]1CCN(C(=O)C(c2ccccc2)c2ccccc2)[C@H](C(=O)O)C1.COC(=O)[C@@H]1C[C@H](N(C)CCc2ccccc2)CCN1C(=O)C(c1ccccc1)c1ccccc1.O.[Li+].[OH-]. The minimum absolute atomic E-state index is 0. The predicted octanol–water partition coefficient (Wildman–Crippen LogP) is 4.97. The number of ether oxygens (including phenoxy) is 1. The number of carboxylic acid groups (broad SMARTS) is 1. The van der Waals surface area contributed by atoms with Gasteiger partial charge in [-0.3, -0.25) is 9.59 Å². The number of amides is 2. The number of esters is 1. The van der Waals surface area contributed by atoms with E-state index in [1.165, 1.54) is 18.2 Å². The topological polar surface area (TPSA) is 172 Å². The molecule has 8 rings (SSSR count). The van der Waals surface area contributed by atoms with Crippen molar-refractivity contribution in [1.29, 1.82) is 0 Å². The van der Waals surface area contributed by atoms with Gasteiger partial charge in [0.05, 0.1) is 18.9 Å². The number of carbonyl (C=O) groups is 4. The second-order valence-electron chi connectivity index (χ2n) is 18.3. The Balaban J connectivity index is 0.000000300. The summed E-state index contributed by atoms with van der Waals surface area (Å²) in [6.07, 6.45) is 4.45. The minimum Gasteiger partial charge on any atom is -0.870 e. The standard InChI is InChI=1S/C30H34N2O3.C29H32N2O3.Li.2H2O/c1-31(20-18-23-12-6-3-7-13-23)26-19-21-32(27(22-26)30(34)35-2)29(33)28(24-14-8-4-9-15-24)25-16-10-5-11-17-25;1-30(19-17-22-11-5-2-6-12-22)25-18-20-31(26(21-25)29(33)34)28(32)27(23-13-7-3-8-14-23)24-15-9-4-10-16-24;;;/h3-17,26-28H,18-22H2,1-2H3;2-16,25-27H,17-21H2,1H3,(H,33,34);;2*1H2/q;;+1;;/p-1/t26-,27+;25-,26+;;;/m11.../s1. The smallest absolute Gasteiger partial charge is 0.870 e.